The second kappa shape index (κ2) is 7.70. The van der Waals surface area contributed by atoms with Crippen molar-refractivity contribution in [2.24, 2.45) is 0 Å². The fourth-order valence-electron chi connectivity index (χ4n) is 1.89. The summed E-state index contributed by atoms with van der Waals surface area (Å²) in [5, 5.41) is 14.0. The molecule has 0 aliphatic heterocycles. The molecule has 0 spiro atoms. The van der Waals surface area contributed by atoms with Crippen LogP contribution in [0.2, 0.25) is 0 Å². The van der Waals surface area contributed by atoms with Crippen LogP contribution in [0.15, 0.2) is 29.6 Å². The van der Waals surface area contributed by atoms with Gasteiger partial charge in [-0.3, -0.25) is 4.79 Å². The Bertz CT molecular complexity index is 683. The maximum absolute atomic E-state index is 12.2. The summed E-state index contributed by atoms with van der Waals surface area (Å²) in [4.78, 5) is 27.7. The molecule has 1 amide bonds. The first-order chi connectivity index (χ1) is 11.0. The molecule has 1 aromatic heterocycles. The van der Waals surface area contributed by atoms with E-state index in [4.69, 9.17) is 9.47 Å². The number of rotatable bonds is 7. The Balaban J connectivity index is 2.14. The van der Waals surface area contributed by atoms with Crippen molar-refractivity contribution in [3.63, 3.8) is 0 Å². The number of carbonyl (C=O) groups excluding carboxylic acids is 1. The van der Waals surface area contributed by atoms with E-state index >= 15 is 0 Å². The molecular weight excluding hydrogens is 320 g/mol. The van der Waals surface area contributed by atoms with Crippen molar-refractivity contribution in [1.29, 1.82) is 0 Å². The number of aromatic nitrogens is 1. The van der Waals surface area contributed by atoms with E-state index in [0.29, 0.717) is 22.9 Å². The van der Waals surface area contributed by atoms with Crippen LogP contribution in [0.25, 0.3) is 0 Å². The van der Waals surface area contributed by atoms with E-state index < -0.39 is 17.9 Å². The molecule has 23 heavy (non-hydrogen) atoms. The number of nitrogens with zero attached hydrogens (tertiary/aromatic N) is 1. The maximum Gasteiger partial charge on any atom is 0.330 e. The van der Waals surface area contributed by atoms with Crippen molar-refractivity contribution in [1.82, 2.24) is 10.3 Å². The summed E-state index contributed by atoms with van der Waals surface area (Å²) >= 11 is 1.28. The molecule has 0 radical (unpaired) electrons. The third-order valence-electron chi connectivity index (χ3n) is 3.02. The fourth-order valence-corrected chi connectivity index (χ4v) is 2.64. The minimum Gasteiger partial charge on any atom is -0.497 e. The highest BCUT2D eigenvalue weighted by molar-refractivity contribution is 7.09. The average molecular weight is 336 g/mol. The smallest absolute Gasteiger partial charge is 0.330 e. The molecule has 0 bridgehead atoms. The molecular formula is C15H16N2O5S. The number of carboxylic acids is 1. The number of benzene rings is 1. The van der Waals surface area contributed by atoms with Crippen molar-refractivity contribution in [2.75, 3.05) is 14.2 Å². The number of ether oxygens (including phenoxy) is 2. The largest absolute Gasteiger partial charge is 0.497 e. The standard InChI is InChI=1S/C15H16N2O5S/c1-21-7-12-16-11(8-23-12)14(18)17-13(15(19)20)9-3-5-10(22-2)6-4-9/h3-6,8,13H,7H2,1-2H3,(H,17,18)(H,19,20). The highest BCUT2D eigenvalue weighted by Gasteiger charge is 2.24. The average Bonchev–Trinajstić information content (AvgIpc) is 3.01. The zero-order chi connectivity index (χ0) is 16.8. The Hall–Kier alpha value is -2.45. The summed E-state index contributed by atoms with van der Waals surface area (Å²) in [5.74, 6) is -1.10. The first kappa shape index (κ1) is 16.9. The van der Waals surface area contributed by atoms with E-state index in [2.05, 4.69) is 10.3 Å². The van der Waals surface area contributed by atoms with Gasteiger partial charge in [0, 0.05) is 12.5 Å². The van der Waals surface area contributed by atoms with Crippen LogP contribution in [0.3, 0.4) is 0 Å². The number of carbonyl (C=O) groups is 2. The molecule has 0 saturated carbocycles. The summed E-state index contributed by atoms with van der Waals surface area (Å²) in [7, 11) is 3.05. The topological polar surface area (TPSA) is 97.8 Å². The van der Waals surface area contributed by atoms with E-state index in [0.717, 1.165) is 0 Å². The lowest BCUT2D eigenvalue weighted by atomic mass is 10.1. The Morgan fingerprint density at radius 3 is 2.57 bits per heavy atom. The molecule has 0 saturated heterocycles. The van der Waals surface area contributed by atoms with Crippen molar-refractivity contribution < 1.29 is 24.2 Å². The number of aliphatic carboxylic acids is 1. The van der Waals surface area contributed by atoms with Crippen molar-refractivity contribution >= 4 is 23.2 Å². The maximum atomic E-state index is 12.2. The summed E-state index contributed by atoms with van der Waals surface area (Å²) in [6.45, 7) is 0.304. The molecule has 7 nitrogen and oxygen atoms in total. The van der Waals surface area contributed by atoms with Gasteiger partial charge < -0.3 is 19.9 Å². The lowest BCUT2D eigenvalue weighted by molar-refractivity contribution is -0.139. The quantitative estimate of drug-likeness (QED) is 0.801. The van der Waals surface area contributed by atoms with Gasteiger partial charge >= 0.3 is 5.97 Å². The van der Waals surface area contributed by atoms with Gasteiger partial charge in [0.25, 0.3) is 5.91 Å². The van der Waals surface area contributed by atoms with Crippen LogP contribution >= 0.6 is 11.3 Å². The number of thiazole rings is 1. The molecule has 1 unspecified atom stereocenters. The second-order valence-corrected chi connectivity index (χ2v) is 5.52. The summed E-state index contributed by atoms with van der Waals surface area (Å²) in [6, 6.07) is 5.29. The lowest BCUT2D eigenvalue weighted by Crippen LogP contribution is -2.33. The molecule has 0 aliphatic rings. The second-order valence-electron chi connectivity index (χ2n) is 4.58. The van der Waals surface area contributed by atoms with Gasteiger partial charge in [0.05, 0.1) is 13.7 Å². The van der Waals surface area contributed by atoms with Gasteiger partial charge in [0.1, 0.15) is 16.5 Å². The third kappa shape index (κ3) is 4.27. The number of carboxylic acid groups (broad SMARTS) is 1. The Morgan fingerprint density at radius 1 is 1.30 bits per heavy atom. The molecule has 122 valence electrons. The highest BCUT2D eigenvalue weighted by Crippen LogP contribution is 2.19. The number of hydrogen-bond donors (Lipinski definition) is 2. The molecule has 1 aromatic carbocycles. The Morgan fingerprint density at radius 2 is 2.00 bits per heavy atom. The molecule has 2 aromatic rings. The number of hydrogen-bond acceptors (Lipinski definition) is 6. The zero-order valence-electron chi connectivity index (χ0n) is 12.6. The van der Waals surface area contributed by atoms with E-state index in [1.165, 1.54) is 25.6 Å². The first-order valence-corrected chi connectivity index (χ1v) is 7.54. The Labute approximate surface area is 136 Å². The van der Waals surface area contributed by atoms with Gasteiger partial charge in [-0.1, -0.05) is 12.1 Å². The molecule has 8 heteroatoms. The van der Waals surface area contributed by atoms with Gasteiger partial charge in [0.2, 0.25) is 0 Å². The van der Waals surface area contributed by atoms with Crippen molar-refractivity contribution in [3.8, 4) is 5.75 Å². The van der Waals surface area contributed by atoms with Crippen LogP contribution < -0.4 is 10.1 Å². The summed E-state index contributed by atoms with van der Waals surface area (Å²) < 4.78 is 9.97. The molecule has 1 atom stereocenters. The predicted molar refractivity (Wildman–Crippen MR) is 83.7 cm³/mol. The van der Waals surface area contributed by atoms with Crippen LogP contribution in [0.4, 0.5) is 0 Å². The van der Waals surface area contributed by atoms with Gasteiger partial charge in [0.15, 0.2) is 6.04 Å². The number of methoxy groups -OCH3 is 2. The van der Waals surface area contributed by atoms with Crippen LogP contribution in [-0.4, -0.2) is 36.2 Å². The van der Waals surface area contributed by atoms with E-state index in [1.807, 2.05) is 0 Å². The first-order valence-electron chi connectivity index (χ1n) is 6.66. The van der Waals surface area contributed by atoms with Crippen molar-refractivity contribution in [2.45, 2.75) is 12.6 Å². The number of amides is 1. The van der Waals surface area contributed by atoms with Crippen molar-refractivity contribution in [3.05, 3.63) is 45.9 Å². The minimum atomic E-state index is -1.17. The summed E-state index contributed by atoms with van der Waals surface area (Å²) in [6.07, 6.45) is 0. The van der Waals surface area contributed by atoms with E-state index in [9.17, 15) is 14.7 Å². The van der Waals surface area contributed by atoms with Crippen LogP contribution in [0.1, 0.15) is 27.1 Å². The SMILES string of the molecule is COCc1nc(C(=O)NC(C(=O)O)c2ccc(OC)cc2)cs1. The van der Waals surface area contributed by atoms with Gasteiger partial charge in [-0.15, -0.1) is 11.3 Å². The molecule has 1 heterocycles. The monoisotopic (exact) mass is 336 g/mol. The predicted octanol–water partition coefficient (Wildman–Crippen LogP) is 1.85. The zero-order valence-corrected chi connectivity index (χ0v) is 13.4. The van der Waals surface area contributed by atoms with Gasteiger partial charge in [-0.2, -0.15) is 0 Å². The molecule has 0 fully saturated rings. The van der Waals surface area contributed by atoms with Crippen LogP contribution in [-0.2, 0) is 16.1 Å². The molecule has 0 aliphatic carbocycles. The van der Waals surface area contributed by atoms with Crippen LogP contribution in [0, 0.1) is 0 Å². The van der Waals surface area contributed by atoms with Gasteiger partial charge in [-0.25, -0.2) is 9.78 Å². The number of nitrogens with one attached hydrogen (secondary N) is 1. The van der Waals surface area contributed by atoms with E-state index in [1.54, 1.807) is 29.6 Å². The van der Waals surface area contributed by atoms with Crippen LogP contribution in [0.5, 0.6) is 5.75 Å². The minimum absolute atomic E-state index is 0.168. The Kier molecular flexibility index (Phi) is 5.67. The molecule has 2 N–H and O–H groups in total. The highest BCUT2D eigenvalue weighted by atomic mass is 32.1. The van der Waals surface area contributed by atoms with E-state index in [-0.39, 0.29) is 5.69 Å². The fraction of sp³-hybridized carbons (Fsp3) is 0.267. The normalized spacial score (nSPS) is 11.7. The van der Waals surface area contributed by atoms with Gasteiger partial charge in [-0.05, 0) is 17.7 Å². The lowest BCUT2D eigenvalue weighted by Gasteiger charge is -2.14. The third-order valence-corrected chi connectivity index (χ3v) is 3.85. The summed E-state index contributed by atoms with van der Waals surface area (Å²) in [5.41, 5.74) is 0.612. The molecule has 2 rings (SSSR count).